The molecular formula is C15H15NO4S2. The molecule has 3 N–H and O–H groups in total. The highest BCUT2D eigenvalue weighted by atomic mass is 32.2. The lowest BCUT2D eigenvalue weighted by atomic mass is 10.0. The van der Waals surface area contributed by atoms with Gasteiger partial charge in [-0.3, -0.25) is 0 Å². The van der Waals surface area contributed by atoms with Gasteiger partial charge in [0.2, 0.25) is 10.0 Å². The van der Waals surface area contributed by atoms with E-state index in [1.54, 1.807) is 6.26 Å². The molecule has 0 atom stereocenters. The van der Waals surface area contributed by atoms with Crippen LogP contribution in [0.25, 0.3) is 0 Å². The number of benzene rings is 2. The van der Waals surface area contributed by atoms with Crippen molar-refractivity contribution in [1.82, 2.24) is 0 Å². The molecule has 7 heteroatoms. The molecular weight excluding hydrogens is 322 g/mol. The zero-order valence-electron chi connectivity index (χ0n) is 11.8. The summed E-state index contributed by atoms with van der Waals surface area (Å²) in [5, 5.41) is 14.4. The first-order valence-corrected chi connectivity index (χ1v) is 9.11. The maximum Gasteiger partial charge on any atom is 0.335 e. The molecule has 116 valence electrons. The lowest BCUT2D eigenvalue weighted by molar-refractivity contribution is 0.0696. The Balaban J connectivity index is 2.67. The molecule has 0 spiro atoms. The van der Waals surface area contributed by atoms with Gasteiger partial charge < -0.3 is 5.11 Å². The van der Waals surface area contributed by atoms with Crippen molar-refractivity contribution in [3.8, 4) is 0 Å². The zero-order chi connectivity index (χ0) is 16.3. The summed E-state index contributed by atoms with van der Waals surface area (Å²) < 4.78 is 23.7. The number of sulfonamides is 1. The third-order valence-corrected chi connectivity index (χ3v) is 4.95. The molecule has 0 aliphatic rings. The van der Waals surface area contributed by atoms with E-state index in [-0.39, 0.29) is 10.5 Å². The first kappa shape index (κ1) is 16.5. The van der Waals surface area contributed by atoms with Crippen LogP contribution in [0.15, 0.2) is 52.3 Å². The molecule has 5 nitrogen and oxygen atoms in total. The van der Waals surface area contributed by atoms with Crippen molar-refractivity contribution in [3.63, 3.8) is 0 Å². The number of carboxylic acid groups (broad SMARTS) is 1. The highest BCUT2D eigenvalue weighted by Gasteiger charge is 2.21. The van der Waals surface area contributed by atoms with Crippen LogP contribution in [0.4, 0.5) is 0 Å². The summed E-state index contributed by atoms with van der Waals surface area (Å²) >= 11 is 1.29. The topological polar surface area (TPSA) is 97.5 Å². The van der Waals surface area contributed by atoms with E-state index in [0.29, 0.717) is 16.9 Å². The van der Waals surface area contributed by atoms with Crippen LogP contribution < -0.4 is 5.14 Å². The van der Waals surface area contributed by atoms with Gasteiger partial charge in [0.25, 0.3) is 0 Å². The summed E-state index contributed by atoms with van der Waals surface area (Å²) in [4.78, 5) is 11.6. The lowest BCUT2D eigenvalue weighted by Gasteiger charge is -2.14. The van der Waals surface area contributed by atoms with E-state index in [1.807, 2.05) is 30.3 Å². The van der Waals surface area contributed by atoms with Crippen LogP contribution in [0.2, 0.25) is 0 Å². The summed E-state index contributed by atoms with van der Waals surface area (Å²) in [6.07, 6.45) is 2.13. The van der Waals surface area contributed by atoms with Crippen molar-refractivity contribution in [2.45, 2.75) is 16.2 Å². The number of rotatable bonds is 5. The molecule has 0 aromatic heterocycles. The average Bonchev–Trinajstić information content (AvgIpc) is 2.47. The lowest BCUT2D eigenvalue weighted by Crippen LogP contribution is -2.16. The fraction of sp³-hybridized carbons (Fsp3) is 0.133. The standard InChI is InChI=1S/C15H15NO4S2/c1-21-13-8-11(15(17)18)9-14(22(16,19)20)12(13)7-10-5-3-2-4-6-10/h2-6,8-9H,7H2,1H3,(H,17,18)(H2,16,19,20). The summed E-state index contributed by atoms with van der Waals surface area (Å²) in [6.45, 7) is 0. The number of thioether (sulfide) groups is 1. The highest BCUT2D eigenvalue weighted by Crippen LogP contribution is 2.30. The number of hydrogen-bond donors (Lipinski definition) is 2. The molecule has 0 aliphatic carbocycles. The molecule has 0 radical (unpaired) electrons. The Morgan fingerprint density at radius 1 is 1.23 bits per heavy atom. The van der Waals surface area contributed by atoms with Gasteiger partial charge in [-0.2, -0.15) is 0 Å². The molecule has 22 heavy (non-hydrogen) atoms. The minimum Gasteiger partial charge on any atom is -0.478 e. The average molecular weight is 337 g/mol. The van der Waals surface area contributed by atoms with Crippen LogP contribution >= 0.6 is 11.8 Å². The van der Waals surface area contributed by atoms with E-state index < -0.39 is 16.0 Å². The Morgan fingerprint density at radius 2 is 1.86 bits per heavy atom. The van der Waals surface area contributed by atoms with Crippen molar-refractivity contribution in [3.05, 3.63) is 59.2 Å². The molecule has 2 aromatic carbocycles. The van der Waals surface area contributed by atoms with E-state index in [4.69, 9.17) is 10.2 Å². The van der Waals surface area contributed by atoms with Gasteiger partial charge in [0.15, 0.2) is 0 Å². The van der Waals surface area contributed by atoms with Crippen molar-refractivity contribution >= 4 is 27.8 Å². The number of aromatic carboxylic acids is 1. The Bertz CT molecular complexity index is 802. The van der Waals surface area contributed by atoms with Crippen LogP contribution in [-0.2, 0) is 16.4 Å². The van der Waals surface area contributed by atoms with Crippen molar-refractivity contribution in [1.29, 1.82) is 0 Å². The molecule has 0 aliphatic heterocycles. The van der Waals surface area contributed by atoms with Crippen molar-refractivity contribution in [2.75, 3.05) is 6.26 Å². The molecule has 0 fully saturated rings. The summed E-state index contributed by atoms with van der Waals surface area (Å²) in [6, 6.07) is 11.9. The second-order valence-corrected chi connectivity index (χ2v) is 7.05. The first-order chi connectivity index (χ1) is 10.3. The second-order valence-electron chi connectivity index (χ2n) is 4.67. The Labute approximate surface area is 133 Å². The number of hydrogen-bond acceptors (Lipinski definition) is 4. The molecule has 0 heterocycles. The minimum absolute atomic E-state index is 0.0924. The van der Waals surface area contributed by atoms with Crippen LogP contribution in [0.5, 0.6) is 0 Å². The minimum atomic E-state index is -4.02. The summed E-state index contributed by atoms with van der Waals surface area (Å²) in [7, 11) is -4.02. The Morgan fingerprint density at radius 3 is 2.36 bits per heavy atom. The van der Waals surface area contributed by atoms with E-state index in [1.165, 1.54) is 17.8 Å². The fourth-order valence-electron chi connectivity index (χ4n) is 2.15. The van der Waals surface area contributed by atoms with Gasteiger partial charge in [-0.1, -0.05) is 30.3 Å². The Hall–Kier alpha value is -1.83. The van der Waals surface area contributed by atoms with Crippen LogP contribution in [0.3, 0.4) is 0 Å². The second kappa shape index (κ2) is 6.51. The largest absolute Gasteiger partial charge is 0.478 e. The molecule has 2 rings (SSSR count). The summed E-state index contributed by atoms with van der Waals surface area (Å²) in [5.74, 6) is -1.19. The molecule has 0 saturated carbocycles. The maximum absolute atomic E-state index is 11.9. The van der Waals surface area contributed by atoms with Gasteiger partial charge in [-0.15, -0.1) is 11.8 Å². The number of carbonyl (C=O) groups is 1. The predicted molar refractivity (Wildman–Crippen MR) is 85.8 cm³/mol. The smallest absolute Gasteiger partial charge is 0.335 e. The Kier molecular flexibility index (Phi) is 4.90. The van der Waals surface area contributed by atoms with E-state index in [0.717, 1.165) is 11.6 Å². The van der Waals surface area contributed by atoms with E-state index in [2.05, 4.69) is 0 Å². The predicted octanol–water partition coefficient (Wildman–Crippen LogP) is 2.34. The van der Waals surface area contributed by atoms with Crippen molar-refractivity contribution < 1.29 is 18.3 Å². The van der Waals surface area contributed by atoms with Gasteiger partial charge in [0.1, 0.15) is 0 Å². The monoisotopic (exact) mass is 337 g/mol. The van der Waals surface area contributed by atoms with Crippen LogP contribution in [-0.4, -0.2) is 25.7 Å². The third-order valence-electron chi connectivity index (χ3n) is 3.17. The van der Waals surface area contributed by atoms with E-state index >= 15 is 0 Å². The quantitative estimate of drug-likeness (QED) is 0.816. The highest BCUT2D eigenvalue weighted by molar-refractivity contribution is 7.98. The van der Waals surface area contributed by atoms with Gasteiger partial charge in [-0.25, -0.2) is 18.4 Å². The van der Waals surface area contributed by atoms with Crippen LogP contribution in [0, 0.1) is 0 Å². The molecule has 0 saturated heterocycles. The van der Waals surface area contributed by atoms with E-state index in [9.17, 15) is 13.2 Å². The molecule has 0 bridgehead atoms. The van der Waals surface area contributed by atoms with Gasteiger partial charge in [-0.05, 0) is 35.9 Å². The zero-order valence-corrected chi connectivity index (χ0v) is 13.4. The summed E-state index contributed by atoms with van der Waals surface area (Å²) in [5.41, 5.74) is 1.35. The van der Waals surface area contributed by atoms with Crippen LogP contribution in [0.1, 0.15) is 21.5 Å². The number of nitrogens with two attached hydrogens (primary N) is 1. The molecule has 0 amide bonds. The number of primary sulfonamides is 1. The van der Waals surface area contributed by atoms with Gasteiger partial charge >= 0.3 is 5.97 Å². The molecule has 0 unspecified atom stereocenters. The SMILES string of the molecule is CSc1cc(C(=O)O)cc(S(N)(=O)=O)c1Cc1ccccc1. The number of carboxylic acids is 1. The third kappa shape index (κ3) is 3.68. The first-order valence-electron chi connectivity index (χ1n) is 6.34. The van der Waals surface area contributed by atoms with Gasteiger partial charge in [0, 0.05) is 4.90 Å². The molecule has 2 aromatic rings. The maximum atomic E-state index is 11.9. The van der Waals surface area contributed by atoms with Crippen molar-refractivity contribution in [2.24, 2.45) is 5.14 Å². The normalized spacial score (nSPS) is 11.4. The fourth-order valence-corrected chi connectivity index (χ4v) is 3.71. The van der Waals surface area contributed by atoms with Gasteiger partial charge in [0.05, 0.1) is 10.5 Å².